The molecule has 1 atom stereocenters. The van der Waals surface area contributed by atoms with E-state index in [1.54, 1.807) is 13.3 Å². The molecule has 1 aliphatic heterocycles. The number of piperazine rings is 1. The summed E-state index contributed by atoms with van der Waals surface area (Å²) in [6, 6.07) is 12.4. The highest BCUT2D eigenvalue weighted by atomic mass is 16.5. The van der Waals surface area contributed by atoms with Gasteiger partial charge >= 0.3 is 0 Å². The van der Waals surface area contributed by atoms with Gasteiger partial charge in [-0.2, -0.15) is 0 Å². The molecule has 1 amide bonds. The molecule has 2 heterocycles. The number of ether oxygens (including phenoxy) is 1. The van der Waals surface area contributed by atoms with Crippen molar-refractivity contribution in [1.29, 1.82) is 0 Å². The SMILES string of the molecule is COc1cccc(C2CN(C(=O)CCCc3cccnc3)CCN2C)c1. The lowest BCUT2D eigenvalue weighted by atomic mass is 10.0. The van der Waals surface area contributed by atoms with Gasteiger partial charge in [-0.15, -0.1) is 0 Å². The van der Waals surface area contributed by atoms with Gasteiger partial charge in [-0.3, -0.25) is 14.7 Å². The van der Waals surface area contributed by atoms with Gasteiger partial charge in [-0.25, -0.2) is 0 Å². The van der Waals surface area contributed by atoms with E-state index in [2.05, 4.69) is 35.1 Å². The fourth-order valence-corrected chi connectivity index (χ4v) is 3.46. The molecule has 5 nitrogen and oxygen atoms in total. The van der Waals surface area contributed by atoms with Crippen LogP contribution < -0.4 is 4.74 Å². The summed E-state index contributed by atoms with van der Waals surface area (Å²) in [6.07, 6.45) is 5.99. The van der Waals surface area contributed by atoms with Crippen LogP contribution in [0.25, 0.3) is 0 Å². The second-order valence-electron chi connectivity index (χ2n) is 6.83. The molecular formula is C21H27N3O2. The molecule has 1 unspecified atom stereocenters. The maximum Gasteiger partial charge on any atom is 0.222 e. The Bertz CT molecular complexity index is 720. The van der Waals surface area contributed by atoms with E-state index in [4.69, 9.17) is 4.74 Å². The number of methoxy groups -OCH3 is 1. The van der Waals surface area contributed by atoms with E-state index in [0.717, 1.165) is 38.2 Å². The molecule has 1 aromatic carbocycles. The van der Waals surface area contributed by atoms with E-state index in [1.165, 1.54) is 11.1 Å². The van der Waals surface area contributed by atoms with Crippen molar-refractivity contribution in [1.82, 2.24) is 14.8 Å². The average Bonchev–Trinajstić information content (AvgIpc) is 2.69. The molecule has 1 aromatic heterocycles. The Kier molecular flexibility index (Phi) is 6.23. The van der Waals surface area contributed by atoms with Gasteiger partial charge in [-0.05, 0) is 49.2 Å². The first kappa shape index (κ1) is 18.4. The topological polar surface area (TPSA) is 45.7 Å². The Balaban J connectivity index is 1.57. The minimum atomic E-state index is 0.209. The number of benzene rings is 1. The van der Waals surface area contributed by atoms with Crippen molar-refractivity contribution in [3.63, 3.8) is 0 Å². The van der Waals surface area contributed by atoms with E-state index in [0.29, 0.717) is 6.42 Å². The molecule has 5 heteroatoms. The molecule has 1 aliphatic rings. The summed E-state index contributed by atoms with van der Waals surface area (Å²) in [4.78, 5) is 21.1. The highest BCUT2D eigenvalue weighted by Gasteiger charge is 2.28. The monoisotopic (exact) mass is 353 g/mol. The van der Waals surface area contributed by atoms with Crippen LogP contribution in [-0.2, 0) is 11.2 Å². The summed E-state index contributed by atoms with van der Waals surface area (Å²) < 4.78 is 5.35. The van der Waals surface area contributed by atoms with E-state index >= 15 is 0 Å². The second kappa shape index (κ2) is 8.81. The first-order valence-corrected chi connectivity index (χ1v) is 9.18. The smallest absolute Gasteiger partial charge is 0.222 e. The molecule has 0 radical (unpaired) electrons. The van der Waals surface area contributed by atoms with Crippen LogP contribution in [0.4, 0.5) is 0 Å². The van der Waals surface area contributed by atoms with Crippen LogP contribution in [0.5, 0.6) is 5.75 Å². The maximum absolute atomic E-state index is 12.7. The highest BCUT2D eigenvalue weighted by Crippen LogP contribution is 2.27. The summed E-state index contributed by atoms with van der Waals surface area (Å²) in [5.74, 6) is 1.10. The number of carbonyl (C=O) groups is 1. The number of amides is 1. The number of rotatable bonds is 6. The standard InChI is InChI=1S/C21H27N3O2/c1-23-12-13-24(16-20(23)18-8-4-9-19(14-18)26-2)21(25)10-3-6-17-7-5-11-22-15-17/h4-5,7-9,11,14-15,20H,3,6,10,12-13,16H2,1-2H3. The lowest BCUT2D eigenvalue weighted by molar-refractivity contribution is -0.134. The van der Waals surface area contributed by atoms with Crippen molar-refractivity contribution >= 4 is 5.91 Å². The molecule has 1 saturated heterocycles. The van der Waals surface area contributed by atoms with Crippen LogP contribution >= 0.6 is 0 Å². The molecule has 0 N–H and O–H groups in total. The summed E-state index contributed by atoms with van der Waals surface area (Å²) >= 11 is 0. The Morgan fingerprint density at radius 1 is 1.27 bits per heavy atom. The van der Waals surface area contributed by atoms with E-state index in [-0.39, 0.29) is 11.9 Å². The van der Waals surface area contributed by atoms with Crippen LogP contribution in [0.15, 0.2) is 48.8 Å². The van der Waals surface area contributed by atoms with E-state index in [1.807, 2.05) is 29.3 Å². The third kappa shape index (κ3) is 4.61. The summed E-state index contributed by atoms with van der Waals surface area (Å²) in [6.45, 7) is 2.41. The van der Waals surface area contributed by atoms with Gasteiger partial charge in [0.15, 0.2) is 0 Å². The molecule has 0 saturated carbocycles. The van der Waals surface area contributed by atoms with Crippen molar-refractivity contribution in [2.45, 2.75) is 25.3 Å². The van der Waals surface area contributed by atoms with Gasteiger partial charge in [0.05, 0.1) is 13.2 Å². The zero-order valence-electron chi connectivity index (χ0n) is 15.6. The fourth-order valence-electron chi connectivity index (χ4n) is 3.46. The predicted octanol–water partition coefficient (Wildman–Crippen LogP) is 2.93. The van der Waals surface area contributed by atoms with E-state index < -0.39 is 0 Å². The Hall–Kier alpha value is -2.40. The van der Waals surface area contributed by atoms with Gasteiger partial charge in [0.1, 0.15) is 5.75 Å². The first-order chi connectivity index (χ1) is 12.7. The maximum atomic E-state index is 12.7. The number of aryl methyl sites for hydroxylation is 1. The molecule has 1 fully saturated rings. The fraction of sp³-hybridized carbons (Fsp3) is 0.429. The minimum absolute atomic E-state index is 0.209. The normalized spacial score (nSPS) is 17.9. The molecule has 0 bridgehead atoms. The van der Waals surface area contributed by atoms with E-state index in [9.17, 15) is 4.79 Å². The van der Waals surface area contributed by atoms with Gasteiger partial charge in [0.25, 0.3) is 0 Å². The summed E-state index contributed by atoms with van der Waals surface area (Å²) in [5.41, 5.74) is 2.38. The molecule has 3 rings (SSSR count). The van der Waals surface area contributed by atoms with Crippen LogP contribution in [-0.4, -0.2) is 54.5 Å². The summed E-state index contributed by atoms with van der Waals surface area (Å²) in [7, 11) is 3.80. The lowest BCUT2D eigenvalue weighted by Crippen LogP contribution is -2.48. The molecular weight excluding hydrogens is 326 g/mol. The summed E-state index contributed by atoms with van der Waals surface area (Å²) in [5, 5.41) is 0. The third-order valence-corrected chi connectivity index (χ3v) is 5.06. The Labute approximate surface area is 155 Å². The Morgan fingerprint density at radius 2 is 2.15 bits per heavy atom. The molecule has 26 heavy (non-hydrogen) atoms. The van der Waals surface area contributed by atoms with Crippen molar-refractivity contribution in [3.05, 3.63) is 59.9 Å². The molecule has 2 aromatic rings. The minimum Gasteiger partial charge on any atom is -0.497 e. The van der Waals surface area contributed by atoms with Crippen LogP contribution in [0.1, 0.15) is 30.0 Å². The zero-order chi connectivity index (χ0) is 18.4. The number of hydrogen-bond acceptors (Lipinski definition) is 4. The number of carbonyl (C=O) groups excluding carboxylic acids is 1. The quantitative estimate of drug-likeness (QED) is 0.801. The lowest BCUT2D eigenvalue weighted by Gasteiger charge is -2.40. The van der Waals surface area contributed by atoms with Crippen molar-refractivity contribution < 1.29 is 9.53 Å². The van der Waals surface area contributed by atoms with Crippen LogP contribution in [0, 0.1) is 0 Å². The average molecular weight is 353 g/mol. The zero-order valence-corrected chi connectivity index (χ0v) is 15.6. The number of hydrogen-bond donors (Lipinski definition) is 0. The third-order valence-electron chi connectivity index (χ3n) is 5.06. The molecule has 0 aliphatic carbocycles. The molecule has 0 spiro atoms. The van der Waals surface area contributed by atoms with Crippen molar-refractivity contribution in [3.8, 4) is 5.75 Å². The van der Waals surface area contributed by atoms with Gasteiger partial charge in [-0.1, -0.05) is 18.2 Å². The predicted molar refractivity (Wildman–Crippen MR) is 102 cm³/mol. The first-order valence-electron chi connectivity index (χ1n) is 9.18. The van der Waals surface area contributed by atoms with Crippen LogP contribution in [0.2, 0.25) is 0 Å². The van der Waals surface area contributed by atoms with Gasteiger partial charge < -0.3 is 9.64 Å². The molecule has 138 valence electrons. The Morgan fingerprint density at radius 3 is 2.92 bits per heavy atom. The largest absolute Gasteiger partial charge is 0.497 e. The second-order valence-corrected chi connectivity index (χ2v) is 6.83. The van der Waals surface area contributed by atoms with Gasteiger partial charge in [0.2, 0.25) is 5.91 Å². The number of pyridine rings is 1. The number of aromatic nitrogens is 1. The van der Waals surface area contributed by atoms with Gasteiger partial charge in [0, 0.05) is 38.4 Å². The van der Waals surface area contributed by atoms with Crippen molar-refractivity contribution in [2.75, 3.05) is 33.8 Å². The number of nitrogens with zero attached hydrogens (tertiary/aromatic N) is 3. The number of likely N-dealkylation sites (N-methyl/N-ethyl adjacent to an activating group) is 1. The van der Waals surface area contributed by atoms with Crippen molar-refractivity contribution in [2.24, 2.45) is 0 Å². The highest BCUT2D eigenvalue weighted by molar-refractivity contribution is 5.76. The van der Waals surface area contributed by atoms with Crippen LogP contribution in [0.3, 0.4) is 0 Å².